The van der Waals surface area contributed by atoms with Gasteiger partial charge < -0.3 is 0 Å². The molecule has 0 aliphatic carbocycles. The molecule has 0 amide bonds. The third-order valence-electron chi connectivity index (χ3n) is 2.29. The average molecular weight is 298 g/mol. The molecule has 0 unspecified atom stereocenters. The van der Waals surface area contributed by atoms with Gasteiger partial charge in [-0.25, -0.2) is 4.98 Å². The Labute approximate surface area is 121 Å². The fraction of sp³-hybridized carbons (Fsp3) is 0.0714. The molecule has 18 heavy (non-hydrogen) atoms. The van der Waals surface area contributed by atoms with Crippen molar-refractivity contribution < 1.29 is 0 Å². The lowest BCUT2D eigenvalue weighted by molar-refractivity contribution is 1.19. The Morgan fingerprint density at radius 3 is 2.50 bits per heavy atom. The van der Waals surface area contributed by atoms with Crippen LogP contribution in [0.1, 0.15) is 11.1 Å². The number of nitrogens with zero attached hydrogens (tertiary/aromatic N) is 1. The largest absolute Gasteiger partial charge is 0.244 e. The van der Waals surface area contributed by atoms with Gasteiger partial charge in [-0.15, -0.1) is 0 Å². The zero-order valence-corrected chi connectivity index (χ0v) is 11.6. The molecule has 0 bridgehead atoms. The van der Waals surface area contributed by atoms with Crippen molar-refractivity contribution in [3.8, 4) is 0 Å². The Bertz CT molecular complexity index is 559. The first-order valence-electron chi connectivity index (χ1n) is 5.29. The van der Waals surface area contributed by atoms with Crippen LogP contribution in [0, 0.1) is 6.07 Å². The first-order chi connectivity index (χ1) is 8.65. The molecule has 91 valence electrons. The maximum absolute atomic E-state index is 5.94. The van der Waals surface area contributed by atoms with E-state index in [9.17, 15) is 0 Å². The lowest BCUT2D eigenvalue weighted by Gasteiger charge is -1.99. The van der Waals surface area contributed by atoms with Gasteiger partial charge in [0.05, 0.1) is 0 Å². The topological polar surface area (TPSA) is 12.9 Å². The lowest BCUT2D eigenvalue weighted by Crippen LogP contribution is -1.85. The first kappa shape index (κ1) is 13.4. The SMILES string of the molecule is Clc1cc(Cl)cc(C=CCc2[c]ccnc2Cl)c1. The minimum atomic E-state index is 0.478. The third kappa shape index (κ3) is 3.74. The normalized spacial score (nSPS) is 11.1. The Morgan fingerprint density at radius 1 is 1.11 bits per heavy atom. The number of hydrogen-bond donors (Lipinski definition) is 0. The van der Waals surface area contributed by atoms with E-state index < -0.39 is 0 Å². The maximum atomic E-state index is 5.94. The highest BCUT2D eigenvalue weighted by atomic mass is 35.5. The van der Waals surface area contributed by atoms with Crippen molar-refractivity contribution in [2.45, 2.75) is 6.42 Å². The van der Waals surface area contributed by atoms with Crippen LogP contribution in [0.4, 0.5) is 0 Å². The van der Waals surface area contributed by atoms with Crippen molar-refractivity contribution in [3.63, 3.8) is 0 Å². The molecule has 1 nitrogen and oxygen atoms in total. The van der Waals surface area contributed by atoms with Gasteiger partial charge in [-0.2, -0.15) is 0 Å². The van der Waals surface area contributed by atoms with Gasteiger partial charge in [0.15, 0.2) is 0 Å². The molecule has 0 saturated carbocycles. The second-order valence-electron chi connectivity index (χ2n) is 3.67. The lowest BCUT2D eigenvalue weighted by atomic mass is 10.1. The average Bonchev–Trinajstić information content (AvgIpc) is 2.30. The number of halogens is 3. The van der Waals surface area contributed by atoms with E-state index in [1.165, 1.54) is 0 Å². The summed E-state index contributed by atoms with van der Waals surface area (Å²) in [7, 11) is 0. The van der Waals surface area contributed by atoms with E-state index in [2.05, 4.69) is 11.1 Å². The summed E-state index contributed by atoms with van der Waals surface area (Å²) in [5.41, 5.74) is 1.82. The molecular weight excluding hydrogens is 289 g/mol. The van der Waals surface area contributed by atoms with E-state index in [-0.39, 0.29) is 0 Å². The van der Waals surface area contributed by atoms with Gasteiger partial charge in [0, 0.05) is 21.8 Å². The van der Waals surface area contributed by atoms with Crippen LogP contribution < -0.4 is 0 Å². The molecule has 1 heterocycles. The molecule has 2 rings (SSSR count). The van der Waals surface area contributed by atoms with Crippen molar-refractivity contribution in [1.82, 2.24) is 4.98 Å². The summed E-state index contributed by atoms with van der Waals surface area (Å²) in [4.78, 5) is 3.99. The number of benzene rings is 1. The van der Waals surface area contributed by atoms with Crippen LogP contribution in [0.25, 0.3) is 6.08 Å². The van der Waals surface area contributed by atoms with Crippen LogP contribution >= 0.6 is 34.8 Å². The maximum Gasteiger partial charge on any atom is 0.133 e. The van der Waals surface area contributed by atoms with E-state index in [1.54, 1.807) is 18.3 Å². The molecule has 2 aromatic rings. The zero-order chi connectivity index (χ0) is 13.0. The number of hydrogen-bond acceptors (Lipinski definition) is 1. The van der Waals surface area contributed by atoms with Crippen molar-refractivity contribution in [1.29, 1.82) is 0 Å². The predicted molar refractivity (Wildman–Crippen MR) is 77.3 cm³/mol. The minimum absolute atomic E-state index is 0.478. The molecule has 0 spiro atoms. The van der Waals surface area contributed by atoms with E-state index in [4.69, 9.17) is 34.8 Å². The van der Waals surface area contributed by atoms with Crippen LogP contribution in [0.5, 0.6) is 0 Å². The van der Waals surface area contributed by atoms with Crippen LogP contribution in [0.2, 0.25) is 15.2 Å². The van der Waals surface area contributed by atoms with Crippen LogP contribution in [-0.2, 0) is 6.42 Å². The van der Waals surface area contributed by atoms with Gasteiger partial charge in [0.25, 0.3) is 0 Å². The summed E-state index contributed by atoms with van der Waals surface area (Å²) in [6, 6.07) is 10.2. The molecule has 1 aromatic heterocycles. The molecule has 1 aromatic carbocycles. The standard InChI is InChI=1S/C14H9Cl3N/c15-12-7-10(8-13(16)9-12)3-1-4-11-5-2-6-18-14(11)17/h1-3,6-9H,4H2. The van der Waals surface area contributed by atoms with Crippen LogP contribution in [0.15, 0.2) is 36.5 Å². The summed E-state index contributed by atoms with van der Waals surface area (Å²) in [6.45, 7) is 0. The van der Waals surface area contributed by atoms with Gasteiger partial charge in [0.2, 0.25) is 0 Å². The number of aromatic nitrogens is 1. The summed E-state index contributed by atoms with van der Waals surface area (Å²) in [5.74, 6) is 0. The number of allylic oxidation sites excluding steroid dienone is 1. The van der Waals surface area contributed by atoms with Crippen molar-refractivity contribution in [2.75, 3.05) is 0 Å². The number of rotatable bonds is 3. The Balaban J connectivity index is 2.10. The molecule has 4 heteroatoms. The highest BCUT2D eigenvalue weighted by Crippen LogP contribution is 2.20. The van der Waals surface area contributed by atoms with E-state index in [1.807, 2.05) is 24.3 Å². The molecule has 0 N–H and O–H groups in total. The summed E-state index contributed by atoms with van der Waals surface area (Å²) < 4.78 is 0. The van der Waals surface area contributed by atoms with Gasteiger partial charge in [-0.1, -0.05) is 47.0 Å². The Hall–Kier alpha value is -1.02. The zero-order valence-electron chi connectivity index (χ0n) is 9.33. The van der Waals surface area contributed by atoms with E-state index >= 15 is 0 Å². The van der Waals surface area contributed by atoms with Gasteiger partial charge in [-0.05, 0) is 42.3 Å². The van der Waals surface area contributed by atoms with Crippen LogP contribution in [0.3, 0.4) is 0 Å². The summed E-state index contributed by atoms with van der Waals surface area (Å²) in [5, 5.41) is 1.72. The van der Waals surface area contributed by atoms with Gasteiger partial charge in [0.1, 0.15) is 5.15 Å². The second-order valence-corrected chi connectivity index (χ2v) is 4.90. The smallest absolute Gasteiger partial charge is 0.133 e. The second kappa shape index (κ2) is 6.24. The molecular formula is C14H9Cl3N. The van der Waals surface area contributed by atoms with E-state index in [0.717, 1.165) is 11.1 Å². The first-order valence-corrected chi connectivity index (χ1v) is 6.42. The van der Waals surface area contributed by atoms with Crippen molar-refractivity contribution in [3.05, 3.63) is 68.9 Å². The van der Waals surface area contributed by atoms with E-state index in [0.29, 0.717) is 21.6 Å². The monoisotopic (exact) mass is 296 g/mol. The third-order valence-corrected chi connectivity index (χ3v) is 3.05. The quantitative estimate of drug-likeness (QED) is 0.718. The minimum Gasteiger partial charge on any atom is -0.244 e. The highest BCUT2D eigenvalue weighted by Gasteiger charge is 1.98. The summed E-state index contributed by atoms with van der Waals surface area (Å²) in [6.07, 6.45) is 6.19. The number of pyridine rings is 1. The van der Waals surface area contributed by atoms with Crippen molar-refractivity contribution in [2.24, 2.45) is 0 Å². The molecule has 0 atom stereocenters. The van der Waals surface area contributed by atoms with Crippen molar-refractivity contribution >= 4 is 40.9 Å². The molecule has 0 fully saturated rings. The predicted octanol–water partition coefficient (Wildman–Crippen LogP) is 5.10. The van der Waals surface area contributed by atoms with Gasteiger partial charge in [-0.3, -0.25) is 0 Å². The fourth-order valence-electron chi connectivity index (χ4n) is 1.51. The van der Waals surface area contributed by atoms with Crippen LogP contribution in [-0.4, -0.2) is 4.98 Å². The molecule has 0 aliphatic heterocycles. The summed E-state index contributed by atoms with van der Waals surface area (Å²) >= 11 is 17.8. The Kier molecular flexibility index (Phi) is 4.65. The fourth-order valence-corrected chi connectivity index (χ4v) is 2.24. The molecule has 0 saturated heterocycles. The Morgan fingerprint density at radius 2 is 1.83 bits per heavy atom. The van der Waals surface area contributed by atoms with Gasteiger partial charge >= 0.3 is 0 Å². The molecule has 0 aliphatic rings. The highest BCUT2D eigenvalue weighted by molar-refractivity contribution is 6.34. The molecule has 1 radical (unpaired) electrons.